The molecule has 0 spiro atoms. The van der Waals surface area contributed by atoms with Crippen molar-refractivity contribution in [2.45, 2.75) is 43.8 Å². The smallest absolute Gasteiger partial charge is 0.255 e. The zero-order valence-corrected chi connectivity index (χ0v) is 13.5. The highest BCUT2D eigenvalue weighted by atomic mass is 16.2. The maximum absolute atomic E-state index is 12.7. The van der Waals surface area contributed by atoms with E-state index in [2.05, 4.69) is 10.6 Å². The SMILES string of the molecule is NC1(C(=O)Nc2cccc3c2CN(C2CCC(=O)NC2=O)C3=O)CC1. The number of carbonyl (C=O) groups excluding carboxylic acids is 4. The van der Waals surface area contributed by atoms with Gasteiger partial charge in [-0.1, -0.05) is 6.07 Å². The second kappa shape index (κ2) is 5.38. The van der Waals surface area contributed by atoms with Gasteiger partial charge in [0, 0.05) is 29.8 Å². The monoisotopic (exact) mass is 342 g/mol. The van der Waals surface area contributed by atoms with Gasteiger partial charge < -0.3 is 16.0 Å². The maximum atomic E-state index is 12.7. The van der Waals surface area contributed by atoms with Crippen LogP contribution in [0.4, 0.5) is 5.69 Å². The molecule has 4 rings (SSSR count). The summed E-state index contributed by atoms with van der Waals surface area (Å²) < 4.78 is 0. The molecule has 0 aromatic heterocycles. The first kappa shape index (κ1) is 15.8. The third kappa shape index (κ3) is 2.58. The Morgan fingerprint density at radius 1 is 1.28 bits per heavy atom. The van der Waals surface area contributed by atoms with Crippen molar-refractivity contribution in [1.82, 2.24) is 10.2 Å². The number of rotatable bonds is 3. The highest BCUT2D eigenvalue weighted by molar-refractivity contribution is 6.07. The van der Waals surface area contributed by atoms with Gasteiger partial charge in [-0.25, -0.2) is 0 Å². The van der Waals surface area contributed by atoms with Gasteiger partial charge in [0.1, 0.15) is 6.04 Å². The molecular formula is C17H18N4O4. The molecule has 2 aliphatic heterocycles. The summed E-state index contributed by atoms with van der Waals surface area (Å²) in [5.41, 5.74) is 6.78. The molecule has 4 amide bonds. The molecule has 25 heavy (non-hydrogen) atoms. The van der Waals surface area contributed by atoms with E-state index in [4.69, 9.17) is 5.73 Å². The van der Waals surface area contributed by atoms with Gasteiger partial charge >= 0.3 is 0 Å². The Bertz CT molecular complexity index is 815. The molecule has 1 atom stereocenters. The molecule has 1 aromatic carbocycles. The Kier molecular flexibility index (Phi) is 3.40. The lowest BCUT2D eigenvalue weighted by Gasteiger charge is -2.29. The van der Waals surface area contributed by atoms with Gasteiger partial charge in [-0.3, -0.25) is 24.5 Å². The van der Waals surface area contributed by atoms with Gasteiger partial charge in [-0.2, -0.15) is 0 Å². The van der Waals surface area contributed by atoms with Crippen LogP contribution in [0.3, 0.4) is 0 Å². The molecule has 1 aliphatic carbocycles. The van der Waals surface area contributed by atoms with Crippen LogP contribution in [-0.4, -0.2) is 40.1 Å². The van der Waals surface area contributed by atoms with Gasteiger partial charge in [0.25, 0.3) is 5.91 Å². The summed E-state index contributed by atoms with van der Waals surface area (Å²) >= 11 is 0. The number of nitrogens with zero attached hydrogens (tertiary/aromatic N) is 1. The molecule has 1 aromatic rings. The standard InChI is InChI=1S/C17H18N4O4/c18-17(6-7-17)16(25)19-11-3-1-2-9-10(11)8-21(15(9)24)12-4-5-13(22)20-14(12)23/h1-3,12H,4-8,18H2,(H,19,25)(H,20,22,23). The summed E-state index contributed by atoms with van der Waals surface area (Å²) in [5.74, 6) is -1.31. The van der Waals surface area contributed by atoms with Crippen LogP contribution in [0, 0.1) is 0 Å². The van der Waals surface area contributed by atoms with Gasteiger partial charge in [0.15, 0.2) is 0 Å². The number of carbonyl (C=O) groups is 4. The van der Waals surface area contributed by atoms with Crippen molar-refractivity contribution in [2.75, 3.05) is 5.32 Å². The summed E-state index contributed by atoms with van der Waals surface area (Å²) in [6, 6.07) is 4.42. The number of hydrogen-bond acceptors (Lipinski definition) is 5. The van der Waals surface area contributed by atoms with Crippen LogP contribution in [0.1, 0.15) is 41.6 Å². The number of nitrogens with two attached hydrogens (primary N) is 1. The van der Waals surface area contributed by atoms with E-state index in [1.54, 1.807) is 18.2 Å². The van der Waals surface area contributed by atoms with Crippen molar-refractivity contribution in [3.63, 3.8) is 0 Å². The molecule has 1 unspecified atom stereocenters. The molecule has 0 bridgehead atoms. The van der Waals surface area contributed by atoms with Crippen molar-refractivity contribution in [3.05, 3.63) is 29.3 Å². The summed E-state index contributed by atoms with van der Waals surface area (Å²) in [6.07, 6.45) is 1.80. The second-order valence-electron chi connectivity index (χ2n) is 6.84. The lowest BCUT2D eigenvalue weighted by atomic mass is 10.0. The van der Waals surface area contributed by atoms with Crippen molar-refractivity contribution in [2.24, 2.45) is 5.73 Å². The van der Waals surface area contributed by atoms with Crippen LogP contribution in [0.15, 0.2) is 18.2 Å². The molecule has 1 saturated heterocycles. The fourth-order valence-electron chi connectivity index (χ4n) is 3.31. The first-order valence-electron chi connectivity index (χ1n) is 8.26. The van der Waals surface area contributed by atoms with E-state index in [0.717, 1.165) is 0 Å². The molecule has 8 heteroatoms. The number of amides is 4. The Morgan fingerprint density at radius 3 is 2.72 bits per heavy atom. The van der Waals surface area contributed by atoms with Crippen LogP contribution in [0.5, 0.6) is 0 Å². The van der Waals surface area contributed by atoms with Crippen LogP contribution in [0.2, 0.25) is 0 Å². The predicted molar refractivity (Wildman–Crippen MR) is 87.3 cm³/mol. The quantitative estimate of drug-likeness (QED) is 0.661. The molecule has 0 radical (unpaired) electrons. The number of imide groups is 1. The second-order valence-corrected chi connectivity index (χ2v) is 6.84. The summed E-state index contributed by atoms with van der Waals surface area (Å²) in [6.45, 7) is 0.217. The van der Waals surface area contributed by atoms with E-state index in [1.165, 1.54) is 4.90 Å². The van der Waals surface area contributed by atoms with Crippen molar-refractivity contribution < 1.29 is 19.2 Å². The Morgan fingerprint density at radius 2 is 2.04 bits per heavy atom. The number of piperidine rings is 1. The van der Waals surface area contributed by atoms with Crippen LogP contribution in [-0.2, 0) is 20.9 Å². The number of nitrogens with one attached hydrogen (secondary N) is 2. The van der Waals surface area contributed by atoms with E-state index in [-0.39, 0.29) is 30.7 Å². The molecule has 130 valence electrons. The minimum atomic E-state index is -0.811. The summed E-state index contributed by atoms with van der Waals surface area (Å²) in [5, 5.41) is 5.08. The molecule has 2 fully saturated rings. The van der Waals surface area contributed by atoms with E-state index >= 15 is 0 Å². The van der Waals surface area contributed by atoms with Crippen molar-refractivity contribution >= 4 is 29.3 Å². The van der Waals surface area contributed by atoms with Gasteiger partial charge in [-0.05, 0) is 31.4 Å². The fourth-order valence-corrected chi connectivity index (χ4v) is 3.31. The summed E-state index contributed by atoms with van der Waals surface area (Å²) in [7, 11) is 0. The van der Waals surface area contributed by atoms with Crippen molar-refractivity contribution in [1.29, 1.82) is 0 Å². The number of hydrogen-bond donors (Lipinski definition) is 3. The number of anilines is 1. The topological polar surface area (TPSA) is 122 Å². The van der Waals surface area contributed by atoms with Crippen molar-refractivity contribution in [3.8, 4) is 0 Å². The average Bonchev–Trinajstić information content (AvgIpc) is 3.24. The third-order valence-electron chi connectivity index (χ3n) is 5.07. The first-order valence-corrected chi connectivity index (χ1v) is 8.26. The minimum absolute atomic E-state index is 0.204. The van der Waals surface area contributed by atoms with E-state index < -0.39 is 17.5 Å². The lowest BCUT2D eigenvalue weighted by molar-refractivity contribution is -0.137. The third-order valence-corrected chi connectivity index (χ3v) is 5.07. The van der Waals surface area contributed by atoms with E-state index in [9.17, 15) is 19.2 Å². The van der Waals surface area contributed by atoms with Crippen LogP contribution in [0.25, 0.3) is 0 Å². The zero-order valence-electron chi connectivity index (χ0n) is 13.5. The highest BCUT2D eigenvalue weighted by Gasteiger charge is 2.46. The highest BCUT2D eigenvalue weighted by Crippen LogP contribution is 2.36. The van der Waals surface area contributed by atoms with E-state index in [0.29, 0.717) is 36.1 Å². The Balaban J connectivity index is 1.58. The first-order chi connectivity index (χ1) is 11.9. The number of fused-ring (bicyclic) bond motifs is 1. The minimum Gasteiger partial charge on any atom is -0.324 e. The molecule has 2 heterocycles. The number of benzene rings is 1. The average molecular weight is 342 g/mol. The Hall–Kier alpha value is -2.74. The largest absolute Gasteiger partial charge is 0.324 e. The van der Waals surface area contributed by atoms with Crippen LogP contribution >= 0.6 is 0 Å². The zero-order chi connectivity index (χ0) is 17.8. The predicted octanol–water partition coefficient (Wildman–Crippen LogP) is -0.123. The fraction of sp³-hybridized carbons (Fsp3) is 0.412. The molecule has 8 nitrogen and oxygen atoms in total. The normalized spacial score (nSPS) is 24.0. The molecule has 1 saturated carbocycles. The Labute approximate surface area is 143 Å². The van der Waals surface area contributed by atoms with Gasteiger partial charge in [0.2, 0.25) is 17.7 Å². The maximum Gasteiger partial charge on any atom is 0.255 e. The molecule has 4 N–H and O–H groups in total. The molecule has 3 aliphatic rings. The van der Waals surface area contributed by atoms with Gasteiger partial charge in [-0.15, -0.1) is 0 Å². The van der Waals surface area contributed by atoms with Gasteiger partial charge in [0.05, 0.1) is 5.54 Å². The lowest BCUT2D eigenvalue weighted by Crippen LogP contribution is -2.52. The molecular weight excluding hydrogens is 324 g/mol. The summed E-state index contributed by atoms with van der Waals surface area (Å²) in [4.78, 5) is 49.8. The van der Waals surface area contributed by atoms with E-state index in [1.807, 2.05) is 0 Å². The van der Waals surface area contributed by atoms with Crippen LogP contribution < -0.4 is 16.4 Å².